The molecule has 0 heterocycles. The minimum absolute atomic E-state index is 0.265. The fourth-order valence-electron chi connectivity index (χ4n) is 2.35. The summed E-state index contributed by atoms with van der Waals surface area (Å²) in [5.74, 6) is -1.20. The molecule has 2 rings (SSSR count). The van der Waals surface area contributed by atoms with Crippen molar-refractivity contribution in [2.45, 2.75) is 13.8 Å². The first-order valence-corrected chi connectivity index (χ1v) is 9.20. The van der Waals surface area contributed by atoms with Crippen molar-refractivity contribution in [3.8, 4) is 11.5 Å². The van der Waals surface area contributed by atoms with Crippen LogP contribution in [-0.4, -0.2) is 44.3 Å². The Morgan fingerprint density at radius 1 is 0.967 bits per heavy atom. The predicted octanol–water partition coefficient (Wildman–Crippen LogP) is 2.36. The zero-order valence-electron chi connectivity index (χ0n) is 16.9. The molecule has 0 saturated carbocycles. The summed E-state index contributed by atoms with van der Waals surface area (Å²) in [5.41, 5.74) is 3.48. The van der Waals surface area contributed by atoms with Gasteiger partial charge in [-0.2, -0.15) is 5.10 Å². The summed E-state index contributed by atoms with van der Waals surface area (Å²) in [6, 6.07) is 11.1. The standard InChI is InChI=1S/C21H23N3O6/c1-4-29-17-11-6-14(12-18(17)28-3)13-22-24-20(26)19(25)23-16-9-7-15(8-10-16)21(27)30-5-2/h6-13H,4-5H2,1-3H3,(H,23,25)(H,24,26)/b22-13-. The number of benzene rings is 2. The van der Waals surface area contributed by atoms with E-state index in [4.69, 9.17) is 14.2 Å². The maximum Gasteiger partial charge on any atom is 0.338 e. The van der Waals surface area contributed by atoms with E-state index in [-0.39, 0.29) is 6.61 Å². The number of ether oxygens (including phenoxy) is 3. The van der Waals surface area contributed by atoms with Crippen LogP contribution in [-0.2, 0) is 14.3 Å². The molecule has 2 aromatic rings. The first-order valence-electron chi connectivity index (χ1n) is 9.20. The lowest BCUT2D eigenvalue weighted by Crippen LogP contribution is -2.32. The first kappa shape index (κ1) is 22.4. The van der Waals surface area contributed by atoms with Gasteiger partial charge in [0.05, 0.1) is 32.1 Å². The van der Waals surface area contributed by atoms with E-state index in [1.54, 1.807) is 25.1 Å². The van der Waals surface area contributed by atoms with E-state index in [1.807, 2.05) is 6.92 Å². The summed E-state index contributed by atoms with van der Waals surface area (Å²) in [7, 11) is 1.52. The molecule has 0 atom stereocenters. The molecule has 0 fully saturated rings. The third kappa shape index (κ3) is 6.33. The first-order chi connectivity index (χ1) is 14.5. The van der Waals surface area contributed by atoms with Gasteiger partial charge in [-0.15, -0.1) is 0 Å². The molecule has 0 saturated heterocycles. The summed E-state index contributed by atoms with van der Waals surface area (Å²) < 4.78 is 15.5. The third-order valence-corrected chi connectivity index (χ3v) is 3.73. The van der Waals surface area contributed by atoms with E-state index in [9.17, 15) is 14.4 Å². The molecule has 0 aromatic heterocycles. The van der Waals surface area contributed by atoms with Gasteiger partial charge in [-0.1, -0.05) is 0 Å². The largest absolute Gasteiger partial charge is 0.493 e. The molecule has 0 spiro atoms. The fraction of sp³-hybridized carbons (Fsp3) is 0.238. The third-order valence-electron chi connectivity index (χ3n) is 3.73. The number of nitrogens with zero attached hydrogens (tertiary/aromatic N) is 1. The van der Waals surface area contributed by atoms with Crippen molar-refractivity contribution >= 4 is 29.7 Å². The molecule has 30 heavy (non-hydrogen) atoms. The van der Waals surface area contributed by atoms with Crippen molar-refractivity contribution in [1.82, 2.24) is 5.43 Å². The number of carbonyl (C=O) groups excluding carboxylic acids is 3. The highest BCUT2D eigenvalue weighted by Crippen LogP contribution is 2.27. The van der Waals surface area contributed by atoms with Crippen LogP contribution in [0.2, 0.25) is 0 Å². The average Bonchev–Trinajstić information content (AvgIpc) is 2.75. The number of hydrazone groups is 1. The van der Waals surface area contributed by atoms with E-state index in [0.29, 0.717) is 34.9 Å². The van der Waals surface area contributed by atoms with Gasteiger partial charge in [-0.25, -0.2) is 10.2 Å². The van der Waals surface area contributed by atoms with Gasteiger partial charge >= 0.3 is 17.8 Å². The number of esters is 1. The molecule has 0 unspecified atom stereocenters. The van der Waals surface area contributed by atoms with E-state index in [2.05, 4.69) is 15.8 Å². The van der Waals surface area contributed by atoms with Crippen molar-refractivity contribution in [3.05, 3.63) is 53.6 Å². The van der Waals surface area contributed by atoms with Gasteiger partial charge in [0.1, 0.15) is 0 Å². The molecule has 9 heteroatoms. The highest BCUT2D eigenvalue weighted by Gasteiger charge is 2.13. The zero-order chi connectivity index (χ0) is 21.9. The quantitative estimate of drug-likeness (QED) is 0.297. The summed E-state index contributed by atoms with van der Waals surface area (Å²) in [4.78, 5) is 35.5. The highest BCUT2D eigenvalue weighted by atomic mass is 16.5. The van der Waals surface area contributed by atoms with Crippen LogP contribution in [0.25, 0.3) is 0 Å². The van der Waals surface area contributed by atoms with Crippen molar-refractivity contribution in [2.75, 3.05) is 25.6 Å². The molecule has 0 aliphatic heterocycles. The van der Waals surface area contributed by atoms with E-state index in [0.717, 1.165) is 0 Å². The smallest absolute Gasteiger partial charge is 0.338 e. The van der Waals surface area contributed by atoms with Crippen LogP contribution < -0.4 is 20.2 Å². The van der Waals surface area contributed by atoms with Gasteiger partial charge in [0.2, 0.25) is 0 Å². The maximum absolute atomic E-state index is 12.0. The van der Waals surface area contributed by atoms with Gasteiger partial charge in [-0.05, 0) is 61.9 Å². The SMILES string of the molecule is CCOC(=O)c1ccc(NC(=O)C(=O)N/N=C\c2ccc(OCC)c(OC)c2)cc1. The summed E-state index contributed by atoms with van der Waals surface area (Å²) in [6.45, 7) is 4.34. The Hall–Kier alpha value is -3.88. The summed E-state index contributed by atoms with van der Waals surface area (Å²) >= 11 is 0. The normalized spacial score (nSPS) is 10.4. The molecule has 2 N–H and O–H groups in total. The molecule has 9 nitrogen and oxygen atoms in total. The lowest BCUT2D eigenvalue weighted by atomic mass is 10.2. The predicted molar refractivity (Wildman–Crippen MR) is 111 cm³/mol. The molecule has 0 aliphatic carbocycles. The minimum atomic E-state index is -0.946. The molecule has 0 bridgehead atoms. The van der Waals surface area contributed by atoms with E-state index in [1.165, 1.54) is 37.6 Å². The number of carbonyl (C=O) groups is 3. The number of methoxy groups -OCH3 is 1. The number of amides is 2. The average molecular weight is 413 g/mol. The van der Waals surface area contributed by atoms with Gasteiger partial charge < -0.3 is 19.5 Å². The van der Waals surface area contributed by atoms with Crippen molar-refractivity contribution < 1.29 is 28.6 Å². The van der Waals surface area contributed by atoms with Crippen LogP contribution in [0.1, 0.15) is 29.8 Å². The Bertz CT molecular complexity index is 925. The van der Waals surface area contributed by atoms with Crippen molar-refractivity contribution in [2.24, 2.45) is 5.10 Å². The van der Waals surface area contributed by atoms with Crippen LogP contribution in [0.3, 0.4) is 0 Å². The number of anilines is 1. The second-order valence-corrected chi connectivity index (χ2v) is 5.79. The van der Waals surface area contributed by atoms with Crippen molar-refractivity contribution in [1.29, 1.82) is 0 Å². The van der Waals surface area contributed by atoms with Gasteiger partial charge in [0, 0.05) is 5.69 Å². The van der Waals surface area contributed by atoms with Crippen LogP contribution in [0.4, 0.5) is 5.69 Å². The Balaban J connectivity index is 1.91. The molecular weight excluding hydrogens is 390 g/mol. The van der Waals surface area contributed by atoms with Gasteiger partial charge in [0.15, 0.2) is 11.5 Å². The van der Waals surface area contributed by atoms with E-state index >= 15 is 0 Å². The monoisotopic (exact) mass is 413 g/mol. The number of hydrogen-bond donors (Lipinski definition) is 2. The molecule has 2 amide bonds. The van der Waals surface area contributed by atoms with Crippen LogP contribution in [0, 0.1) is 0 Å². The zero-order valence-corrected chi connectivity index (χ0v) is 16.9. The van der Waals surface area contributed by atoms with Crippen LogP contribution in [0.15, 0.2) is 47.6 Å². The lowest BCUT2D eigenvalue weighted by Gasteiger charge is -2.09. The van der Waals surface area contributed by atoms with E-state index < -0.39 is 17.8 Å². The topological polar surface area (TPSA) is 115 Å². The second-order valence-electron chi connectivity index (χ2n) is 5.79. The highest BCUT2D eigenvalue weighted by molar-refractivity contribution is 6.39. The maximum atomic E-state index is 12.0. The van der Waals surface area contributed by atoms with Gasteiger partial charge in [-0.3, -0.25) is 9.59 Å². The molecule has 0 aliphatic rings. The number of nitrogens with one attached hydrogen (secondary N) is 2. The summed E-state index contributed by atoms with van der Waals surface area (Å²) in [5, 5.41) is 6.18. The van der Waals surface area contributed by atoms with Crippen molar-refractivity contribution in [3.63, 3.8) is 0 Å². The lowest BCUT2D eigenvalue weighted by molar-refractivity contribution is -0.136. The molecular formula is C21H23N3O6. The minimum Gasteiger partial charge on any atom is -0.493 e. The van der Waals surface area contributed by atoms with Gasteiger partial charge in [0.25, 0.3) is 0 Å². The fourth-order valence-corrected chi connectivity index (χ4v) is 2.35. The van der Waals surface area contributed by atoms with Crippen LogP contribution >= 0.6 is 0 Å². The molecule has 158 valence electrons. The molecule has 0 radical (unpaired) electrons. The Morgan fingerprint density at radius 2 is 1.70 bits per heavy atom. The Kier molecular flexibility index (Phi) is 8.37. The second kappa shape index (κ2) is 11.2. The van der Waals surface area contributed by atoms with Crippen LogP contribution in [0.5, 0.6) is 11.5 Å². The summed E-state index contributed by atoms with van der Waals surface area (Å²) in [6.07, 6.45) is 1.37. The number of rotatable bonds is 8. The Morgan fingerprint density at radius 3 is 2.33 bits per heavy atom. The molecule has 2 aromatic carbocycles. The number of hydrogen-bond acceptors (Lipinski definition) is 7. The Labute approximate surface area is 174 Å².